The van der Waals surface area contributed by atoms with Gasteiger partial charge in [-0.2, -0.15) is 0 Å². The predicted molar refractivity (Wildman–Crippen MR) is 175 cm³/mol. The van der Waals surface area contributed by atoms with Crippen LogP contribution in [0.1, 0.15) is 17.8 Å². The molecule has 0 aliphatic carbocycles. The molecule has 9 aromatic rings. The van der Waals surface area contributed by atoms with E-state index in [2.05, 4.69) is 0 Å². The Hall–Kier alpha value is -5.60. The molecule has 0 atom stereocenters. The van der Waals surface area contributed by atoms with Gasteiger partial charge in [-0.1, -0.05) is 127 Å². The second kappa shape index (κ2) is 8.95. The maximum atomic E-state index is 9.42. The second-order valence-corrected chi connectivity index (χ2v) is 9.84. The number of hydrogen-bond acceptors (Lipinski definition) is 2. The lowest BCUT2D eigenvalue weighted by molar-refractivity contribution is 0.634. The molecular formula is C40H24O2. The molecular weight excluding hydrogens is 512 g/mol. The summed E-state index contributed by atoms with van der Waals surface area (Å²) in [6, 6.07) is 11.1. The summed E-state index contributed by atoms with van der Waals surface area (Å²) in [5.74, 6) is 0.228. The minimum Gasteiger partial charge on any atom is -0.456 e. The molecule has 0 spiro atoms. The van der Waals surface area contributed by atoms with Crippen molar-refractivity contribution in [2.75, 3.05) is 0 Å². The normalized spacial score (nSPS) is 16.1. The molecule has 0 saturated carbocycles. The first-order chi connectivity index (χ1) is 26.3. The van der Waals surface area contributed by atoms with Crippen LogP contribution in [-0.4, -0.2) is 0 Å². The minimum absolute atomic E-state index is 0.00938. The fourth-order valence-electron chi connectivity index (χ4n) is 5.90. The smallest absolute Gasteiger partial charge is 0.147 e. The highest BCUT2D eigenvalue weighted by Gasteiger charge is 2.26. The van der Waals surface area contributed by atoms with Crippen molar-refractivity contribution >= 4 is 54.5 Å². The van der Waals surface area contributed by atoms with Crippen molar-refractivity contribution in [2.45, 2.75) is 0 Å². The SMILES string of the molecule is [2H]c1c([2H])c([2H])c(-c2c3c([2H])c([2H])c([2H])c([2H])c3c(-c3c(-c4ccccc4)oc4c3ccc3oc5ccccc5c34)c3c([2H])c([2H])c([2H])c([2H])c23)c([2H])c1[2H]. The highest BCUT2D eigenvalue weighted by atomic mass is 16.3. The number of para-hydroxylation sites is 1. The number of hydrogen-bond donors (Lipinski definition) is 0. The van der Waals surface area contributed by atoms with Crippen molar-refractivity contribution in [1.29, 1.82) is 0 Å². The van der Waals surface area contributed by atoms with Crippen molar-refractivity contribution in [3.05, 3.63) is 145 Å². The zero-order valence-corrected chi connectivity index (χ0v) is 21.7. The lowest BCUT2D eigenvalue weighted by Gasteiger charge is -2.18. The Morgan fingerprint density at radius 2 is 1.02 bits per heavy atom. The van der Waals surface area contributed by atoms with E-state index in [0.29, 0.717) is 33.1 Å². The summed E-state index contributed by atoms with van der Waals surface area (Å²) in [6.45, 7) is 0. The molecule has 0 radical (unpaired) electrons. The first-order valence-electron chi connectivity index (χ1n) is 19.7. The second-order valence-electron chi connectivity index (χ2n) is 9.84. The molecule has 2 heteroatoms. The summed E-state index contributed by atoms with van der Waals surface area (Å²) in [4.78, 5) is 0. The topological polar surface area (TPSA) is 26.3 Å². The van der Waals surface area contributed by atoms with Gasteiger partial charge >= 0.3 is 0 Å². The van der Waals surface area contributed by atoms with E-state index in [1.165, 1.54) is 0 Å². The van der Waals surface area contributed by atoms with Gasteiger partial charge in [0.25, 0.3) is 0 Å². The first-order valence-corrected chi connectivity index (χ1v) is 13.2. The molecule has 0 N–H and O–H groups in total. The van der Waals surface area contributed by atoms with Gasteiger partial charge in [-0.25, -0.2) is 0 Å². The third kappa shape index (κ3) is 3.27. The van der Waals surface area contributed by atoms with Gasteiger partial charge in [0, 0.05) is 27.5 Å². The molecule has 0 bridgehead atoms. The van der Waals surface area contributed by atoms with Crippen LogP contribution >= 0.6 is 0 Å². The Labute approximate surface area is 260 Å². The summed E-state index contributed by atoms with van der Waals surface area (Å²) in [5, 5.41) is 0.823. The van der Waals surface area contributed by atoms with Gasteiger partial charge in [-0.05, 0) is 50.9 Å². The maximum Gasteiger partial charge on any atom is 0.147 e. The molecule has 0 aliphatic heterocycles. The van der Waals surface area contributed by atoms with Crippen molar-refractivity contribution in [3.63, 3.8) is 0 Å². The van der Waals surface area contributed by atoms with Crippen molar-refractivity contribution in [1.82, 2.24) is 0 Å². The Balaban J connectivity index is 1.65. The van der Waals surface area contributed by atoms with Crippen LogP contribution in [0.2, 0.25) is 0 Å². The molecule has 2 heterocycles. The van der Waals surface area contributed by atoms with E-state index in [9.17, 15) is 5.48 Å². The summed E-state index contributed by atoms with van der Waals surface area (Å²) < 4.78 is 129. The lowest BCUT2D eigenvalue weighted by atomic mass is 9.84. The Kier molecular flexibility index (Phi) is 2.95. The number of furan rings is 2. The third-order valence-electron chi connectivity index (χ3n) is 7.61. The summed E-state index contributed by atoms with van der Waals surface area (Å²) >= 11 is 0. The van der Waals surface area contributed by atoms with E-state index in [1.54, 1.807) is 42.5 Å². The largest absolute Gasteiger partial charge is 0.456 e. The number of benzene rings is 7. The van der Waals surface area contributed by atoms with Crippen molar-refractivity contribution in [2.24, 2.45) is 0 Å². The van der Waals surface area contributed by atoms with Crippen molar-refractivity contribution < 1.29 is 26.7 Å². The molecule has 0 amide bonds. The van der Waals surface area contributed by atoms with Crippen LogP contribution in [0.4, 0.5) is 0 Å². The molecule has 0 unspecified atom stereocenters. The lowest BCUT2D eigenvalue weighted by Crippen LogP contribution is -1.91. The highest BCUT2D eigenvalue weighted by molar-refractivity contribution is 6.27. The quantitative estimate of drug-likeness (QED) is 0.205. The van der Waals surface area contributed by atoms with Crippen LogP contribution in [0.3, 0.4) is 0 Å². The van der Waals surface area contributed by atoms with Crippen LogP contribution in [-0.2, 0) is 0 Å². The van der Waals surface area contributed by atoms with E-state index >= 15 is 0 Å². The van der Waals surface area contributed by atoms with Gasteiger partial charge in [0.05, 0.1) is 23.2 Å². The average molecular weight is 550 g/mol. The van der Waals surface area contributed by atoms with Gasteiger partial charge in [-0.3, -0.25) is 0 Å². The zero-order chi connectivity index (χ0) is 38.9. The number of rotatable bonds is 3. The third-order valence-corrected chi connectivity index (χ3v) is 7.61. The van der Waals surface area contributed by atoms with E-state index in [0.717, 1.165) is 5.39 Å². The Morgan fingerprint density at radius 1 is 0.405 bits per heavy atom. The highest BCUT2D eigenvalue weighted by Crippen LogP contribution is 2.51. The fraction of sp³-hybridized carbons (Fsp3) is 0. The van der Waals surface area contributed by atoms with Gasteiger partial charge in [0.1, 0.15) is 22.5 Å². The zero-order valence-electron chi connectivity index (χ0n) is 34.7. The van der Waals surface area contributed by atoms with Crippen LogP contribution in [0.15, 0.2) is 154 Å². The van der Waals surface area contributed by atoms with E-state index in [-0.39, 0.29) is 44.0 Å². The van der Waals surface area contributed by atoms with Crippen LogP contribution in [0.5, 0.6) is 0 Å². The molecule has 9 rings (SSSR count). The Morgan fingerprint density at radius 3 is 1.74 bits per heavy atom. The van der Waals surface area contributed by atoms with Gasteiger partial charge in [0.2, 0.25) is 0 Å². The molecule has 42 heavy (non-hydrogen) atoms. The molecule has 0 aliphatic rings. The summed E-state index contributed by atoms with van der Waals surface area (Å²) in [7, 11) is 0. The molecule has 0 fully saturated rings. The Bertz CT molecular complexity index is 3070. The van der Waals surface area contributed by atoms with Crippen molar-refractivity contribution in [3.8, 4) is 33.6 Å². The summed E-state index contributed by atoms with van der Waals surface area (Å²) in [5.41, 5.74) is 1.42. The minimum atomic E-state index is -0.730. The molecule has 2 nitrogen and oxygen atoms in total. The maximum absolute atomic E-state index is 9.42. The fourth-order valence-corrected chi connectivity index (χ4v) is 5.90. The first kappa shape index (κ1) is 13.8. The van der Waals surface area contributed by atoms with Gasteiger partial charge < -0.3 is 8.83 Å². The predicted octanol–water partition coefficient (Wildman–Crippen LogP) is 11.6. The molecule has 2 aromatic heterocycles. The van der Waals surface area contributed by atoms with Crippen LogP contribution in [0.25, 0.3) is 88.0 Å². The molecule has 196 valence electrons. The van der Waals surface area contributed by atoms with Gasteiger partial charge in [0.15, 0.2) is 0 Å². The summed E-state index contributed by atoms with van der Waals surface area (Å²) in [6.07, 6.45) is 0. The average Bonchev–Trinajstić information content (AvgIpc) is 3.77. The van der Waals surface area contributed by atoms with E-state index in [4.69, 9.17) is 21.2 Å². The van der Waals surface area contributed by atoms with E-state index in [1.807, 2.05) is 24.3 Å². The molecule has 7 aromatic carbocycles. The molecule has 0 saturated heterocycles. The number of fused-ring (bicyclic) bond motifs is 7. The monoisotopic (exact) mass is 549 g/mol. The standard InChI is InChI=1S/C40H24O2/c1-3-13-25(14-4-1)35-27-17-7-9-19-29(27)36(30-20-10-8-18-28(30)35)38-32-23-24-34-37(31-21-11-12-22-33(31)41-34)40(32)42-39(38)26-15-5-2-6-16-26/h1-24H/i1D,3D,4D,7D,8D,9D,10D,13D,14D,17D,18D,19D,20D. The van der Waals surface area contributed by atoms with E-state index < -0.39 is 84.1 Å². The van der Waals surface area contributed by atoms with Gasteiger partial charge in [-0.15, -0.1) is 0 Å². The van der Waals surface area contributed by atoms with Crippen LogP contribution < -0.4 is 0 Å². The van der Waals surface area contributed by atoms with Crippen LogP contribution in [0, 0.1) is 0 Å².